The molecule has 0 saturated carbocycles. The molecule has 0 N–H and O–H groups in total. The summed E-state index contributed by atoms with van der Waals surface area (Å²) in [6.45, 7) is 3.05. The zero-order valence-corrected chi connectivity index (χ0v) is 9.32. The standard InChI is InChI=1S/C5H10O3.C4H10O2/c1-7-4-5-8-3-2-6;1-4(5-2)6-3/h2H,3-5H2,1H3;4H,1-3H3. The minimum absolute atomic E-state index is 0.0648. The summed E-state index contributed by atoms with van der Waals surface area (Å²) in [6.07, 6.45) is 0.653. The van der Waals surface area contributed by atoms with Gasteiger partial charge in [0.2, 0.25) is 0 Å². The van der Waals surface area contributed by atoms with Crippen molar-refractivity contribution in [1.82, 2.24) is 0 Å². The van der Waals surface area contributed by atoms with Crippen LogP contribution in [0.5, 0.6) is 0 Å². The van der Waals surface area contributed by atoms with Gasteiger partial charge in [0.25, 0.3) is 0 Å². The molecule has 0 aromatic rings. The first-order valence-electron chi connectivity index (χ1n) is 4.28. The van der Waals surface area contributed by atoms with E-state index < -0.39 is 0 Å². The second-order valence-corrected chi connectivity index (χ2v) is 2.27. The summed E-state index contributed by atoms with van der Waals surface area (Å²) in [5.41, 5.74) is 0. The third-order valence-corrected chi connectivity index (χ3v) is 1.28. The molecule has 0 saturated heterocycles. The largest absolute Gasteiger partial charge is 0.382 e. The quantitative estimate of drug-likeness (QED) is 0.346. The molecule has 0 amide bonds. The van der Waals surface area contributed by atoms with Crippen LogP contribution in [0.3, 0.4) is 0 Å². The van der Waals surface area contributed by atoms with Crippen LogP contribution in [0, 0.1) is 0 Å². The van der Waals surface area contributed by atoms with Gasteiger partial charge in [0.15, 0.2) is 6.29 Å². The van der Waals surface area contributed by atoms with Crippen LogP contribution in [-0.4, -0.2) is 53.7 Å². The third kappa shape index (κ3) is 17.6. The van der Waals surface area contributed by atoms with E-state index in [1.807, 2.05) is 6.92 Å². The van der Waals surface area contributed by atoms with Gasteiger partial charge in [0, 0.05) is 21.3 Å². The molecule has 0 radical (unpaired) electrons. The smallest absolute Gasteiger partial charge is 0.154 e. The van der Waals surface area contributed by atoms with Gasteiger partial charge in [-0.15, -0.1) is 0 Å². The van der Waals surface area contributed by atoms with Gasteiger partial charge in [-0.25, -0.2) is 0 Å². The molecular weight excluding hydrogens is 188 g/mol. The monoisotopic (exact) mass is 208 g/mol. The highest BCUT2D eigenvalue weighted by Crippen LogP contribution is 1.82. The topological polar surface area (TPSA) is 54.0 Å². The third-order valence-electron chi connectivity index (χ3n) is 1.28. The minimum atomic E-state index is -0.0648. The van der Waals surface area contributed by atoms with E-state index in [9.17, 15) is 4.79 Å². The summed E-state index contributed by atoms with van der Waals surface area (Å²) in [6, 6.07) is 0. The molecule has 5 nitrogen and oxygen atoms in total. The molecule has 0 bridgehead atoms. The molecule has 0 fully saturated rings. The molecule has 0 aliphatic rings. The number of hydrogen-bond acceptors (Lipinski definition) is 5. The summed E-state index contributed by atoms with van der Waals surface area (Å²) in [5.74, 6) is 0. The molecule has 14 heavy (non-hydrogen) atoms. The molecule has 0 rings (SSSR count). The number of carbonyl (C=O) groups excluding carboxylic acids is 1. The van der Waals surface area contributed by atoms with Crippen LogP contribution in [0.25, 0.3) is 0 Å². The van der Waals surface area contributed by atoms with Gasteiger partial charge in [0.05, 0.1) is 13.2 Å². The first kappa shape index (κ1) is 16.0. The van der Waals surface area contributed by atoms with Gasteiger partial charge in [0.1, 0.15) is 12.9 Å². The van der Waals surface area contributed by atoms with Gasteiger partial charge in [-0.2, -0.15) is 0 Å². The van der Waals surface area contributed by atoms with Crippen molar-refractivity contribution in [2.45, 2.75) is 13.2 Å². The average Bonchev–Trinajstić information content (AvgIpc) is 2.24. The number of ether oxygens (including phenoxy) is 4. The predicted molar refractivity (Wildman–Crippen MR) is 52.2 cm³/mol. The van der Waals surface area contributed by atoms with Crippen molar-refractivity contribution in [2.24, 2.45) is 0 Å². The Balaban J connectivity index is 0. The van der Waals surface area contributed by atoms with Crippen molar-refractivity contribution in [3.8, 4) is 0 Å². The van der Waals surface area contributed by atoms with E-state index in [0.717, 1.165) is 6.29 Å². The maximum Gasteiger partial charge on any atom is 0.154 e. The van der Waals surface area contributed by atoms with Crippen LogP contribution in [0.2, 0.25) is 0 Å². The lowest BCUT2D eigenvalue weighted by molar-refractivity contribution is -0.112. The van der Waals surface area contributed by atoms with Gasteiger partial charge in [-0.3, -0.25) is 0 Å². The van der Waals surface area contributed by atoms with Gasteiger partial charge in [-0.05, 0) is 6.92 Å². The molecule has 0 aromatic carbocycles. The van der Waals surface area contributed by atoms with Crippen molar-refractivity contribution in [1.29, 1.82) is 0 Å². The van der Waals surface area contributed by atoms with Crippen LogP contribution >= 0.6 is 0 Å². The summed E-state index contributed by atoms with van der Waals surface area (Å²) in [7, 11) is 4.80. The molecule has 0 aliphatic heterocycles. The Morgan fingerprint density at radius 2 is 1.71 bits per heavy atom. The number of hydrogen-bond donors (Lipinski definition) is 0. The molecule has 0 atom stereocenters. The first-order valence-corrected chi connectivity index (χ1v) is 4.28. The molecule has 0 aromatic heterocycles. The number of rotatable bonds is 7. The Hall–Kier alpha value is -0.490. The highest BCUT2D eigenvalue weighted by molar-refractivity contribution is 5.50. The zero-order chi connectivity index (χ0) is 11.2. The predicted octanol–water partition coefficient (Wildman–Crippen LogP) is 0.473. The number of methoxy groups -OCH3 is 3. The lowest BCUT2D eigenvalue weighted by atomic mass is 10.7. The van der Waals surface area contributed by atoms with Gasteiger partial charge >= 0.3 is 0 Å². The van der Waals surface area contributed by atoms with Crippen LogP contribution in [0.4, 0.5) is 0 Å². The number of aldehydes is 1. The van der Waals surface area contributed by atoms with E-state index >= 15 is 0 Å². The van der Waals surface area contributed by atoms with E-state index in [1.165, 1.54) is 0 Å². The van der Waals surface area contributed by atoms with Crippen LogP contribution in [0.15, 0.2) is 0 Å². The SMILES string of the molecule is COC(C)OC.COCCOCC=O. The van der Waals surface area contributed by atoms with Crippen molar-refractivity contribution < 1.29 is 23.7 Å². The van der Waals surface area contributed by atoms with Crippen molar-refractivity contribution in [3.05, 3.63) is 0 Å². The maximum absolute atomic E-state index is 9.60. The summed E-state index contributed by atoms with van der Waals surface area (Å²) in [4.78, 5) is 9.60. The maximum atomic E-state index is 9.60. The molecule has 0 spiro atoms. The van der Waals surface area contributed by atoms with E-state index in [2.05, 4.69) is 14.2 Å². The van der Waals surface area contributed by atoms with Crippen molar-refractivity contribution in [3.63, 3.8) is 0 Å². The van der Waals surface area contributed by atoms with E-state index in [0.29, 0.717) is 13.2 Å². The molecule has 5 heteroatoms. The molecular formula is C9H20O5. The zero-order valence-electron chi connectivity index (χ0n) is 9.32. The van der Waals surface area contributed by atoms with E-state index in [1.54, 1.807) is 21.3 Å². The first-order chi connectivity index (χ1) is 6.72. The van der Waals surface area contributed by atoms with Crippen molar-refractivity contribution >= 4 is 6.29 Å². The minimum Gasteiger partial charge on any atom is -0.382 e. The van der Waals surface area contributed by atoms with Crippen molar-refractivity contribution in [2.75, 3.05) is 41.2 Å². The second-order valence-electron chi connectivity index (χ2n) is 2.27. The number of carbonyl (C=O) groups is 1. The van der Waals surface area contributed by atoms with Crippen LogP contribution in [0.1, 0.15) is 6.92 Å². The fraction of sp³-hybridized carbons (Fsp3) is 0.889. The highest BCUT2D eigenvalue weighted by atomic mass is 16.7. The van der Waals surface area contributed by atoms with E-state index in [-0.39, 0.29) is 12.9 Å². The summed E-state index contributed by atoms with van der Waals surface area (Å²) >= 11 is 0. The normalized spacial score (nSPS) is 9.50. The lowest BCUT2D eigenvalue weighted by Gasteiger charge is -2.03. The second kappa shape index (κ2) is 15.0. The fourth-order valence-electron chi connectivity index (χ4n) is 0.370. The lowest BCUT2D eigenvalue weighted by Crippen LogP contribution is -2.05. The summed E-state index contributed by atoms with van der Waals surface area (Å²) < 4.78 is 18.7. The highest BCUT2D eigenvalue weighted by Gasteiger charge is 1.87. The van der Waals surface area contributed by atoms with Gasteiger partial charge in [-0.1, -0.05) is 0 Å². The molecule has 0 unspecified atom stereocenters. The van der Waals surface area contributed by atoms with Crippen LogP contribution < -0.4 is 0 Å². The Labute approximate surface area is 85.3 Å². The Bertz CT molecular complexity index is 103. The Kier molecular flexibility index (Phi) is 17.1. The Morgan fingerprint density at radius 1 is 1.14 bits per heavy atom. The van der Waals surface area contributed by atoms with Crippen LogP contribution in [-0.2, 0) is 23.7 Å². The molecule has 86 valence electrons. The van der Waals surface area contributed by atoms with E-state index in [4.69, 9.17) is 4.74 Å². The Morgan fingerprint density at radius 3 is 2.00 bits per heavy atom. The molecule has 0 heterocycles. The summed E-state index contributed by atoms with van der Waals surface area (Å²) in [5, 5.41) is 0. The van der Waals surface area contributed by atoms with Gasteiger partial charge < -0.3 is 23.7 Å². The molecule has 0 aliphatic carbocycles. The average molecular weight is 208 g/mol. The fourth-order valence-corrected chi connectivity index (χ4v) is 0.370.